The topological polar surface area (TPSA) is 96.5 Å². The molecule has 0 aliphatic heterocycles. The second-order valence-electron chi connectivity index (χ2n) is 8.19. The van der Waals surface area contributed by atoms with Crippen molar-refractivity contribution in [3.63, 3.8) is 0 Å². The molecule has 3 amide bonds. The maximum atomic E-state index is 12.1. The Labute approximate surface area is 172 Å². The fraction of sp³-hybridized carbons (Fsp3) is 0.500. The number of benzene rings is 1. The molecule has 0 aromatic heterocycles. The molecule has 0 atom stereocenters. The van der Waals surface area contributed by atoms with Crippen LogP contribution < -0.4 is 16.0 Å². The summed E-state index contributed by atoms with van der Waals surface area (Å²) < 4.78 is 5.09. The fourth-order valence-electron chi connectivity index (χ4n) is 3.01. The molecule has 0 heterocycles. The third-order valence-electron chi connectivity index (χ3n) is 4.30. The molecule has 158 valence electrons. The van der Waals surface area contributed by atoms with Gasteiger partial charge in [0.1, 0.15) is 12.1 Å². The lowest BCUT2D eigenvalue weighted by atomic mass is 9.94. The van der Waals surface area contributed by atoms with Crippen LogP contribution in [0.1, 0.15) is 58.4 Å². The average Bonchev–Trinajstić information content (AvgIpc) is 2.65. The van der Waals surface area contributed by atoms with Crippen molar-refractivity contribution in [2.75, 3.05) is 11.9 Å². The molecular formula is C22H31N3O4. The molecule has 1 fully saturated rings. The maximum absolute atomic E-state index is 12.1. The first kappa shape index (κ1) is 22.5. The van der Waals surface area contributed by atoms with Gasteiger partial charge in [0.2, 0.25) is 11.8 Å². The van der Waals surface area contributed by atoms with Crippen LogP contribution in [0.3, 0.4) is 0 Å². The molecule has 1 aromatic carbocycles. The Kier molecular flexibility index (Phi) is 8.24. The fourth-order valence-corrected chi connectivity index (χ4v) is 3.01. The molecule has 1 saturated carbocycles. The van der Waals surface area contributed by atoms with Crippen LogP contribution >= 0.6 is 0 Å². The van der Waals surface area contributed by atoms with Gasteiger partial charge in [0.25, 0.3) is 0 Å². The molecule has 29 heavy (non-hydrogen) atoms. The number of alkyl carbamates (subject to hydrolysis) is 1. The Morgan fingerprint density at radius 1 is 1.07 bits per heavy atom. The smallest absolute Gasteiger partial charge is 0.408 e. The van der Waals surface area contributed by atoms with Crippen molar-refractivity contribution >= 4 is 23.6 Å². The van der Waals surface area contributed by atoms with Crippen molar-refractivity contribution in [1.29, 1.82) is 0 Å². The van der Waals surface area contributed by atoms with Crippen LogP contribution in [-0.4, -0.2) is 30.1 Å². The molecule has 0 bridgehead atoms. The number of allylic oxidation sites excluding steroid dienone is 1. The van der Waals surface area contributed by atoms with Gasteiger partial charge in [0.15, 0.2) is 0 Å². The molecule has 0 unspecified atom stereocenters. The SMILES string of the molecule is CC(C)(C)OC(=O)NCC(=O)Nc1cccc(CNC(=O)C=C2CCCCC2)c1. The summed E-state index contributed by atoms with van der Waals surface area (Å²) in [6, 6.07) is 7.22. The van der Waals surface area contributed by atoms with E-state index in [0.717, 1.165) is 31.2 Å². The number of hydrogen-bond donors (Lipinski definition) is 3. The summed E-state index contributed by atoms with van der Waals surface area (Å²) in [5.41, 5.74) is 2.07. The highest BCUT2D eigenvalue weighted by atomic mass is 16.6. The summed E-state index contributed by atoms with van der Waals surface area (Å²) >= 11 is 0. The lowest BCUT2D eigenvalue weighted by molar-refractivity contribution is -0.117. The van der Waals surface area contributed by atoms with Gasteiger partial charge in [-0.2, -0.15) is 0 Å². The van der Waals surface area contributed by atoms with Crippen LogP contribution in [0, 0.1) is 0 Å². The van der Waals surface area contributed by atoms with Gasteiger partial charge in [-0.25, -0.2) is 4.79 Å². The van der Waals surface area contributed by atoms with Crippen LogP contribution in [0.15, 0.2) is 35.9 Å². The summed E-state index contributed by atoms with van der Waals surface area (Å²) in [5.74, 6) is -0.447. The van der Waals surface area contributed by atoms with Crippen molar-refractivity contribution in [3.05, 3.63) is 41.5 Å². The van der Waals surface area contributed by atoms with E-state index >= 15 is 0 Å². The van der Waals surface area contributed by atoms with Crippen LogP contribution in [0.5, 0.6) is 0 Å². The molecule has 1 aliphatic carbocycles. The number of anilines is 1. The summed E-state index contributed by atoms with van der Waals surface area (Å²) in [5, 5.41) is 8.02. The minimum Gasteiger partial charge on any atom is -0.444 e. The third-order valence-corrected chi connectivity index (χ3v) is 4.30. The van der Waals surface area contributed by atoms with Gasteiger partial charge in [0.05, 0.1) is 0 Å². The number of hydrogen-bond acceptors (Lipinski definition) is 4. The lowest BCUT2D eigenvalue weighted by Crippen LogP contribution is -2.37. The zero-order chi connectivity index (χ0) is 21.3. The average molecular weight is 402 g/mol. The Morgan fingerprint density at radius 2 is 1.79 bits per heavy atom. The number of rotatable bonds is 6. The zero-order valence-electron chi connectivity index (χ0n) is 17.5. The maximum Gasteiger partial charge on any atom is 0.408 e. The number of amides is 3. The quantitative estimate of drug-likeness (QED) is 0.634. The van der Waals surface area contributed by atoms with Crippen LogP contribution in [-0.2, 0) is 20.9 Å². The van der Waals surface area contributed by atoms with E-state index in [4.69, 9.17) is 4.74 Å². The van der Waals surface area contributed by atoms with E-state index in [0.29, 0.717) is 12.2 Å². The molecule has 1 aliphatic rings. The van der Waals surface area contributed by atoms with E-state index in [1.165, 1.54) is 12.0 Å². The van der Waals surface area contributed by atoms with Gasteiger partial charge in [0, 0.05) is 18.3 Å². The van der Waals surface area contributed by atoms with E-state index in [-0.39, 0.29) is 18.4 Å². The van der Waals surface area contributed by atoms with Gasteiger partial charge in [-0.1, -0.05) is 24.1 Å². The summed E-state index contributed by atoms with van der Waals surface area (Å²) in [6.45, 7) is 5.44. The van der Waals surface area contributed by atoms with Crippen molar-refractivity contribution in [3.8, 4) is 0 Å². The number of carbonyl (C=O) groups is 3. The van der Waals surface area contributed by atoms with Crippen molar-refractivity contribution in [2.45, 2.75) is 65.0 Å². The van der Waals surface area contributed by atoms with Crippen molar-refractivity contribution in [2.24, 2.45) is 0 Å². The summed E-state index contributed by atoms with van der Waals surface area (Å²) in [7, 11) is 0. The first-order valence-corrected chi connectivity index (χ1v) is 10.0. The molecule has 0 saturated heterocycles. The Bertz CT molecular complexity index is 758. The van der Waals surface area contributed by atoms with Gasteiger partial charge < -0.3 is 20.7 Å². The van der Waals surface area contributed by atoms with E-state index in [9.17, 15) is 14.4 Å². The Hall–Kier alpha value is -2.83. The van der Waals surface area contributed by atoms with Crippen molar-refractivity contribution in [1.82, 2.24) is 10.6 Å². The van der Waals surface area contributed by atoms with Crippen LogP contribution in [0.4, 0.5) is 10.5 Å². The molecular weight excluding hydrogens is 370 g/mol. The van der Waals surface area contributed by atoms with Gasteiger partial charge in [-0.3, -0.25) is 9.59 Å². The molecule has 7 nitrogen and oxygen atoms in total. The standard InChI is InChI=1S/C22H31N3O4/c1-22(2,3)29-21(28)24-15-20(27)25-18-11-7-10-17(12-18)14-23-19(26)13-16-8-5-4-6-9-16/h7,10-13H,4-6,8-9,14-15H2,1-3H3,(H,23,26)(H,24,28)(H,25,27). The lowest BCUT2D eigenvalue weighted by Gasteiger charge is -2.19. The molecule has 3 N–H and O–H groups in total. The zero-order valence-corrected chi connectivity index (χ0v) is 17.5. The predicted octanol–water partition coefficient (Wildman–Crippen LogP) is 3.66. The summed E-state index contributed by atoms with van der Waals surface area (Å²) in [4.78, 5) is 35.7. The third kappa shape index (κ3) is 9.27. The highest BCUT2D eigenvalue weighted by Gasteiger charge is 2.16. The molecule has 0 spiro atoms. The van der Waals surface area contributed by atoms with Gasteiger partial charge in [-0.05, 0) is 64.2 Å². The van der Waals surface area contributed by atoms with Crippen LogP contribution in [0.2, 0.25) is 0 Å². The number of carbonyl (C=O) groups excluding carboxylic acids is 3. The molecule has 1 aromatic rings. The normalized spacial score (nSPS) is 14.0. The Balaban J connectivity index is 1.78. The van der Waals surface area contributed by atoms with Gasteiger partial charge in [-0.15, -0.1) is 0 Å². The molecule has 7 heteroatoms. The number of ether oxygens (including phenoxy) is 1. The largest absolute Gasteiger partial charge is 0.444 e. The minimum absolute atomic E-state index is 0.0853. The van der Waals surface area contributed by atoms with E-state index < -0.39 is 11.7 Å². The first-order valence-electron chi connectivity index (χ1n) is 10.0. The highest BCUT2D eigenvalue weighted by molar-refractivity contribution is 5.94. The van der Waals surface area contributed by atoms with Crippen molar-refractivity contribution < 1.29 is 19.1 Å². The number of nitrogens with one attached hydrogen (secondary N) is 3. The second kappa shape index (κ2) is 10.6. The first-order chi connectivity index (χ1) is 13.7. The second-order valence-corrected chi connectivity index (χ2v) is 8.19. The minimum atomic E-state index is -0.642. The van der Waals surface area contributed by atoms with Crippen LogP contribution in [0.25, 0.3) is 0 Å². The molecule has 2 rings (SSSR count). The highest BCUT2D eigenvalue weighted by Crippen LogP contribution is 2.22. The van der Waals surface area contributed by atoms with E-state index in [1.807, 2.05) is 6.07 Å². The predicted molar refractivity (Wildman–Crippen MR) is 112 cm³/mol. The monoisotopic (exact) mass is 401 g/mol. The van der Waals surface area contributed by atoms with E-state index in [2.05, 4.69) is 16.0 Å². The molecule has 0 radical (unpaired) electrons. The summed E-state index contributed by atoms with van der Waals surface area (Å²) in [6.07, 6.45) is 6.64. The van der Waals surface area contributed by atoms with E-state index in [1.54, 1.807) is 45.0 Å². The van der Waals surface area contributed by atoms with Gasteiger partial charge >= 0.3 is 6.09 Å². The Morgan fingerprint density at radius 3 is 2.48 bits per heavy atom.